The van der Waals surface area contributed by atoms with E-state index in [9.17, 15) is 4.79 Å². The molecule has 0 spiro atoms. The molecule has 0 aliphatic rings. The van der Waals surface area contributed by atoms with Crippen molar-refractivity contribution in [2.24, 2.45) is 0 Å². The summed E-state index contributed by atoms with van der Waals surface area (Å²) >= 11 is 0. The van der Waals surface area contributed by atoms with Crippen LogP contribution in [0.15, 0.2) is 6.07 Å². The van der Waals surface area contributed by atoms with Crippen molar-refractivity contribution in [1.82, 2.24) is 9.97 Å². The van der Waals surface area contributed by atoms with Crippen LogP contribution in [0.5, 0.6) is 0 Å². The van der Waals surface area contributed by atoms with Gasteiger partial charge in [-0.05, 0) is 6.92 Å². The zero-order chi connectivity index (χ0) is 12.7. The van der Waals surface area contributed by atoms with Crippen LogP contribution < -0.4 is 10.6 Å². The number of carbonyl (C=O) groups excluding carboxylic acids is 1. The highest BCUT2D eigenvalue weighted by atomic mass is 16.5. The van der Waals surface area contributed by atoms with E-state index in [0.717, 1.165) is 18.1 Å². The number of rotatable bonds is 6. The molecule has 1 rings (SSSR count). The summed E-state index contributed by atoms with van der Waals surface area (Å²) in [6.45, 7) is 4.24. The van der Waals surface area contributed by atoms with Crippen molar-refractivity contribution in [3.05, 3.63) is 11.9 Å². The SMILES string of the molecule is CCOC(=O)CNc1cc(NC)nc(CC)n1. The van der Waals surface area contributed by atoms with Gasteiger partial charge in [0.1, 0.15) is 24.0 Å². The van der Waals surface area contributed by atoms with Crippen molar-refractivity contribution in [2.45, 2.75) is 20.3 Å². The number of ether oxygens (including phenoxy) is 1. The smallest absolute Gasteiger partial charge is 0.325 e. The molecule has 0 bridgehead atoms. The molecule has 0 saturated heterocycles. The molecule has 0 aliphatic carbocycles. The molecule has 0 amide bonds. The first-order chi connectivity index (χ1) is 8.19. The molecule has 1 aromatic rings. The van der Waals surface area contributed by atoms with Gasteiger partial charge < -0.3 is 15.4 Å². The van der Waals surface area contributed by atoms with Gasteiger partial charge in [-0.25, -0.2) is 9.97 Å². The lowest BCUT2D eigenvalue weighted by atomic mass is 10.4. The number of hydrogen-bond acceptors (Lipinski definition) is 6. The lowest BCUT2D eigenvalue weighted by Gasteiger charge is -2.08. The highest BCUT2D eigenvalue weighted by molar-refractivity contribution is 5.74. The van der Waals surface area contributed by atoms with Gasteiger partial charge in [-0.3, -0.25) is 4.79 Å². The van der Waals surface area contributed by atoms with Crippen LogP contribution in [0.2, 0.25) is 0 Å². The van der Waals surface area contributed by atoms with Crippen molar-refractivity contribution in [1.29, 1.82) is 0 Å². The van der Waals surface area contributed by atoms with E-state index in [1.807, 2.05) is 6.92 Å². The fourth-order valence-corrected chi connectivity index (χ4v) is 1.25. The maximum absolute atomic E-state index is 11.2. The summed E-state index contributed by atoms with van der Waals surface area (Å²) < 4.78 is 4.82. The first kappa shape index (κ1) is 13.2. The molecule has 94 valence electrons. The Labute approximate surface area is 101 Å². The summed E-state index contributed by atoms with van der Waals surface area (Å²) in [4.78, 5) is 19.7. The lowest BCUT2D eigenvalue weighted by Crippen LogP contribution is -2.18. The lowest BCUT2D eigenvalue weighted by molar-refractivity contribution is -0.140. The van der Waals surface area contributed by atoms with E-state index >= 15 is 0 Å². The molecule has 0 aromatic carbocycles. The summed E-state index contributed by atoms with van der Waals surface area (Å²) in [6, 6.07) is 1.75. The standard InChI is InChI=1S/C11H18N4O2/c1-4-8-14-9(12-3)6-10(15-8)13-7-11(16)17-5-2/h6H,4-5,7H2,1-3H3,(H2,12,13,14,15). The molecule has 0 saturated carbocycles. The van der Waals surface area contributed by atoms with Gasteiger partial charge in [0.05, 0.1) is 6.61 Å². The summed E-state index contributed by atoms with van der Waals surface area (Å²) in [5, 5.41) is 5.86. The molecule has 0 aliphatic heterocycles. The summed E-state index contributed by atoms with van der Waals surface area (Å²) in [5.74, 6) is 1.77. The monoisotopic (exact) mass is 238 g/mol. The van der Waals surface area contributed by atoms with Crippen LogP contribution in [0.25, 0.3) is 0 Å². The van der Waals surface area contributed by atoms with Gasteiger partial charge in [-0.15, -0.1) is 0 Å². The number of esters is 1. The van der Waals surface area contributed by atoms with Crippen LogP contribution in [0.4, 0.5) is 11.6 Å². The van der Waals surface area contributed by atoms with E-state index in [4.69, 9.17) is 4.74 Å². The van der Waals surface area contributed by atoms with E-state index in [1.54, 1.807) is 20.0 Å². The van der Waals surface area contributed by atoms with Crippen LogP contribution in [0.3, 0.4) is 0 Å². The summed E-state index contributed by atoms with van der Waals surface area (Å²) in [7, 11) is 1.79. The number of carbonyl (C=O) groups is 1. The van der Waals surface area contributed by atoms with Crippen molar-refractivity contribution >= 4 is 17.6 Å². The largest absolute Gasteiger partial charge is 0.465 e. The van der Waals surface area contributed by atoms with Crippen LogP contribution in [0.1, 0.15) is 19.7 Å². The number of aryl methyl sites for hydroxylation is 1. The molecular weight excluding hydrogens is 220 g/mol. The fraction of sp³-hybridized carbons (Fsp3) is 0.545. The van der Waals surface area contributed by atoms with Gasteiger partial charge in [-0.1, -0.05) is 6.92 Å². The maximum Gasteiger partial charge on any atom is 0.325 e. The van der Waals surface area contributed by atoms with Gasteiger partial charge >= 0.3 is 5.97 Å². The summed E-state index contributed by atoms with van der Waals surface area (Å²) in [5.41, 5.74) is 0. The van der Waals surface area contributed by atoms with Crippen molar-refractivity contribution in [3.8, 4) is 0 Å². The molecule has 0 radical (unpaired) electrons. The van der Waals surface area contributed by atoms with E-state index in [2.05, 4.69) is 20.6 Å². The van der Waals surface area contributed by atoms with E-state index in [0.29, 0.717) is 12.4 Å². The minimum Gasteiger partial charge on any atom is -0.465 e. The van der Waals surface area contributed by atoms with Crippen molar-refractivity contribution < 1.29 is 9.53 Å². The Bertz CT molecular complexity index is 359. The molecule has 0 unspecified atom stereocenters. The van der Waals surface area contributed by atoms with Gasteiger partial charge in [-0.2, -0.15) is 0 Å². The van der Waals surface area contributed by atoms with Gasteiger partial charge in [0, 0.05) is 19.5 Å². The predicted molar refractivity (Wildman–Crippen MR) is 66.1 cm³/mol. The Morgan fingerprint density at radius 3 is 2.65 bits per heavy atom. The van der Waals surface area contributed by atoms with E-state index in [1.165, 1.54) is 0 Å². The molecule has 2 N–H and O–H groups in total. The average Bonchev–Trinajstić information content (AvgIpc) is 2.36. The zero-order valence-electron chi connectivity index (χ0n) is 10.4. The molecule has 1 heterocycles. The Morgan fingerprint density at radius 2 is 2.06 bits per heavy atom. The van der Waals surface area contributed by atoms with Crippen LogP contribution in [-0.2, 0) is 16.0 Å². The number of aromatic nitrogens is 2. The van der Waals surface area contributed by atoms with E-state index in [-0.39, 0.29) is 12.5 Å². The zero-order valence-corrected chi connectivity index (χ0v) is 10.4. The number of nitrogens with one attached hydrogen (secondary N) is 2. The normalized spacial score (nSPS) is 9.82. The van der Waals surface area contributed by atoms with Crippen LogP contribution >= 0.6 is 0 Å². The highest BCUT2D eigenvalue weighted by Gasteiger charge is 2.05. The summed E-state index contributed by atoms with van der Waals surface area (Å²) in [6.07, 6.45) is 0.740. The third kappa shape index (κ3) is 4.26. The topological polar surface area (TPSA) is 76.1 Å². The van der Waals surface area contributed by atoms with Gasteiger partial charge in [0.15, 0.2) is 0 Å². The molecular formula is C11H18N4O2. The number of nitrogens with zero attached hydrogens (tertiary/aromatic N) is 2. The first-order valence-electron chi connectivity index (χ1n) is 5.64. The number of anilines is 2. The fourth-order valence-electron chi connectivity index (χ4n) is 1.25. The molecule has 1 aromatic heterocycles. The molecule has 17 heavy (non-hydrogen) atoms. The third-order valence-electron chi connectivity index (χ3n) is 2.06. The van der Waals surface area contributed by atoms with Gasteiger partial charge in [0.25, 0.3) is 0 Å². The Hall–Kier alpha value is -1.85. The molecule has 6 nitrogen and oxygen atoms in total. The maximum atomic E-state index is 11.2. The Balaban J connectivity index is 2.66. The quantitative estimate of drug-likeness (QED) is 0.722. The Kier molecular flexibility index (Phi) is 5.19. The highest BCUT2D eigenvalue weighted by Crippen LogP contribution is 2.10. The second kappa shape index (κ2) is 6.67. The molecule has 6 heteroatoms. The van der Waals surface area contributed by atoms with Crippen molar-refractivity contribution in [2.75, 3.05) is 30.8 Å². The van der Waals surface area contributed by atoms with Crippen LogP contribution in [-0.4, -0.2) is 36.1 Å². The van der Waals surface area contributed by atoms with Gasteiger partial charge in [0.2, 0.25) is 0 Å². The van der Waals surface area contributed by atoms with E-state index < -0.39 is 0 Å². The third-order valence-corrected chi connectivity index (χ3v) is 2.06. The first-order valence-corrected chi connectivity index (χ1v) is 5.64. The van der Waals surface area contributed by atoms with Crippen LogP contribution in [0, 0.1) is 0 Å². The Morgan fingerprint density at radius 1 is 1.35 bits per heavy atom. The molecule has 0 fully saturated rings. The average molecular weight is 238 g/mol. The van der Waals surface area contributed by atoms with Crippen molar-refractivity contribution in [3.63, 3.8) is 0 Å². The second-order valence-electron chi connectivity index (χ2n) is 3.32. The minimum absolute atomic E-state index is 0.108. The minimum atomic E-state index is -0.296. The second-order valence-corrected chi connectivity index (χ2v) is 3.32. The number of hydrogen-bond donors (Lipinski definition) is 2. The molecule has 0 atom stereocenters. The predicted octanol–water partition coefficient (Wildman–Crippen LogP) is 1.06.